The van der Waals surface area contributed by atoms with Crippen molar-refractivity contribution in [2.24, 2.45) is 0 Å². The van der Waals surface area contributed by atoms with Crippen molar-refractivity contribution in [2.75, 3.05) is 6.61 Å². The average Bonchev–Trinajstić information content (AvgIpc) is 2.47. The predicted molar refractivity (Wildman–Crippen MR) is 77.6 cm³/mol. The Morgan fingerprint density at radius 2 is 2.05 bits per heavy atom. The summed E-state index contributed by atoms with van der Waals surface area (Å²) < 4.78 is 5.66. The van der Waals surface area contributed by atoms with Crippen molar-refractivity contribution in [3.8, 4) is 0 Å². The smallest absolute Gasteiger partial charge is 0.162 e. The highest BCUT2D eigenvalue weighted by Gasteiger charge is 2.15. The van der Waals surface area contributed by atoms with Gasteiger partial charge in [0.15, 0.2) is 5.78 Å². The normalized spacial score (nSPS) is 19.3. The average molecular weight is 260 g/mol. The zero-order valence-corrected chi connectivity index (χ0v) is 11.9. The highest BCUT2D eigenvalue weighted by atomic mass is 16.5. The molecule has 0 aliphatic carbocycles. The molecule has 19 heavy (non-hydrogen) atoms. The van der Waals surface area contributed by atoms with Gasteiger partial charge in [-0.15, -0.1) is 0 Å². The van der Waals surface area contributed by atoms with Gasteiger partial charge in [0, 0.05) is 18.6 Å². The molecule has 0 bridgehead atoms. The van der Waals surface area contributed by atoms with Gasteiger partial charge in [0.2, 0.25) is 0 Å². The van der Waals surface area contributed by atoms with Crippen molar-refractivity contribution in [3.05, 3.63) is 35.4 Å². The quantitative estimate of drug-likeness (QED) is 0.717. The molecule has 2 nitrogen and oxygen atoms in total. The van der Waals surface area contributed by atoms with E-state index in [1.807, 2.05) is 12.1 Å². The van der Waals surface area contributed by atoms with Gasteiger partial charge in [-0.1, -0.05) is 37.6 Å². The molecule has 1 heterocycles. The molecule has 1 unspecified atom stereocenters. The second-order valence-electron chi connectivity index (χ2n) is 5.40. The van der Waals surface area contributed by atoms with E-state index in [1.165, 1.54) is 18.4 Å². The summed E-state index contributed by atoms with van der Waals surface area (Å²) in [6.07, 6.45) is 7.54. The third-order valence-corrected chi connectivity index (χ3v) is 3.78. The van der Waals surface area contributed by atoms with Crippen LogP contribution in [0.15, 0.2) is 24.3 Å². The van der Waals surface area contributed by atoms with Gasteiger partial charge in [-0.2, -0.15) is 0 Å². The molecule has 1 aromatic carbocycles. The minimum Gasteiger partial charge on any atom is -0.378 e. The van der Waals surface area contributed by atoms with E-state index >= 15 is 0 Å². The zero-order chi connectivity index (χ0) is 13.5. The molecule has 1 aromatic rings. The Morgan fingerprint density at radius 3 is 2.68 bits per heavy atom. The summed E-state index contributed by atoms with van der Waals surface area (Å²) in [6.45, 7) is 3.04. The zero-order valence-electron chi connectivity index (χ0n) is 11.9. The van der Waals surface area contributed by atoms with E-state index in [2.05, 4.69) is 19.1 Å². The molecule has 0 radical (unpaired) electrons. The molecule has 1 fully saturated rings. The van der Waals surface area contributed by atoms with Gasteiger partial charge < -0.3 is 4.74 Å². The van der Waals surface area contributed by atoms with Gasteiger partial charge in [0.05, 0.1) is 6.10 Å². The molecule has 1 aliphatic rings. The summed E-state index contributed by atoms with van der Waals surface area (Å²) in [5.41, 5.74) is 2.16. The molecule has 1 atom stereocenters. The van der Waals surface area contributed by atoms with E-state index in [9.17, 15) is 4.79 Å². The van der Waals surface area contributed by atoms with E-state index in [-0.39, 0.29) is 5.78 Å². The van der Waals surface area contributed by atoms with Crippen molar-refractivity contribution in [1.29, 1.82) is 0 Å². The van der Waals surface area contributed by atoms with Gasteiger partial charge in [0.1, 0.15) is 0 Å². The highest BCUT2D eigenvalue weighted by molar-refractivity contribution is 5.96. The number of hydrogen-bond acceptors (Lipinski definition) is 2. The van der Waals surface area contributed by atoms with E-state index < -0.39 is 0 Å². The second kappa shape index (κ2) is 7.44. The van der Waals surface area contributed by atoms with Crippen molar-refractivity contribution in [1.82, 2.24) is 0 Å². The maximum absolute atomic E-state index is 12.1. The van der Waals surface area contributed by atoms with Crippen LogP contribution in [0.25, 0.3) is 0 Å². The van der Waals surface area contributed by atoms with Gasteiger partial charge >= 0.3 is 0 Å². The van der Waals surface area contributed by atoms with Gasteiger partial charge in [-0.25, -0.2) is 0 Å². The standard InChI is InChI=1S/C17H24O2/c1-2-5-14-7-9-15(10-8-14)17(18)12-11-16-6-3-4-13-19-16/h7-10,16H,2-6,11-13H2,1H3. The molecule has 1 saturated heterocycles. The van der Waals surface area contributed by atoms with Crippen LogP contribution in [-0.4, -0.2) is 18.5 Å². The minimum atomic E-state index is 0.247. The number of hydrogen-bond donors (Lipinski definition) is 0. The summed E-state index contributed by atoms with van der Waals surface area (Å²) >= 11 is 0. The van der Waals surface area contributed by atoms with E-state index in [0.717, 1.165) is 37.9 Å². The summed E-state index contributed by atoms with van der Waals surface area (Å²) in [5.74, 6) is 0.247. The van der Waals surface area contributed by atoms with Crippen LogP contribution < -0.4 is 0 Å². The number of Topliss-reactive ketones (excluding diaryl/α,β-unsaturated/α-hetero) is 1. The Kier molecular flexibility index (Phi) is 5.59. The molecule has 2 heteroatoms. The molecule has 2 rings (SSSR count). The fourth-order valence-corrected chi connectivity index (χ4v) is 2.62. The number of ketones is 1. The van der Waals surface area contributed by atoms with Gasteiger partial charge in [0.25, 0.3) is 0 Å². The van der Waals surface area contributed by atoms with Gasteiger partial charge in [-0.05, 0) is 37.7 Å². The molecule has 1 aliphatic heterocycles. The number of benzene rings is 1. The number of carbonyl (C=O) groups excluding carboxylic acids is 1. The number of carbonyl (C=O) groups is 1. The minimum absolute atomic E-state index is 0.247. The topological polar surface area (TPSA) is 26.3 Å². The molecule has 0 aromatic heterocycles. The summed E-state index contributed by atoms with van der Waals surface area (Å²) in [5, 5.41) is 0. The molecule has 0 N–H and O–H groups in total. The lowest BCUT2D eigenvalue weighted by Crippen LogP contribution is -2.20. The molecular formula is C17H24O2. The van der Waals surface area contributed by atoms with Crippen LogP contribution in [0.4, 0.5) is 0 Å². The Labute approximate surface area is 116 Å². The van der Waals surface area contributed by atoms with Crippen molar-refractivity contribution in [3.63, 3.8) is 0 Å². The molecule has 0 saturated carbocycles. The third-order valence-electron chi connectivity index (χ3n) is 3.78. The van der Waals surface area contributed by atoms with Crippen LogP contribution >= 0.6 is 0 Å². The van der Waals surface area contributed by atoms with E-state index in [4.69, 9.17) is 4.74 Å². The molecular weight excluding hydrogens is 236 g/mol. The maximum atomic E-state index is 12.1. The number of aryl methyl sites for hydroxylation is 1. The Balaban J connectivity index is 1.81. The van der Waals surface area contributed by atoms with E-state index in [0.29, 0.717) is 12.5 Å². The lowest BCUT2D eigenvalue weighted by molar-refractivity contribution is 0.0104. The van der Waals surface area contributed by atoms with Gasteiger partial charge in [-0.3, -0.25) is 4.79 Å². The number of rotatable bonds is 6. The first-order valence-corrected chi connectivity index (χ1v) is 7.53. The monoisotopic (exact) mass is 260 g/mol. The third kappa shape index (κ3) is 4.46. The fourth-order valence-electron chi connectivity index (χ4n) is 2.62. The summed E-state index contributed by atoms with van der Waals surface area (Å²) in [4.78, 5) is 12.1. The Morgan fingerprint density at radius 1 is 1.26 bits per heavy atom. The highest BCUT2D eigenvalue weighted by Crippen LogP contribution is 2.18. The van der Waals surface area contributed by atoms with Crippen molar-refractivity contribution >= 4 is 5.78 Å². The van der Waals surface area contributed by atoms with E-state index in [1.54, 1.807) is 0 Å². The molecule has 0 spiro atoms. The lowest BCUT2D eigenvalue weighted by atomic mass is 9.99. The van der Waals surface area contributed by atoms with Crippen LogP contribution in [0, 0.1) is 0 Å². The largest absolute Gasteiger partial charge is 0.378 e. The van der Waals surface area contributed by atoms with Crippen molar-refractivity contribution < 1.29 is 9.53 Å². The van der Waals surface area contributed by atoms with Crippen LogP contribution in [-0.2, 0) is 11.2 Å². The first-order chi connectivity index (χ1) is 9.29. The number of ether oxygens (including phenoxy) is 1. The maximum Gasteiger partial charge on any atom is 0.162 e. The fraction of sp³-hybridized carbons (Fsp3) is 0.588. The van der Waals surface area contributed by atoms with Crippen LogP contribution in [0.2, 0.25) is 0 Å². The lowest BCUT2D eigenvalue weighted by Gasteiger charge is -2.22. The SMILES string of the molecule is CCCc1ccc(C(=O)CCC2CCCCO2)cc1. The van der Waals surface area contributed by atoms with Crippen LogP contribution in [0.5, 0.6) is 0 Å². The van der Waals surface area contributed by atoms with Crippen molar-refractivity contribution in [2.45, 2.75) is 58.0 Å². The van der Waals surface area contributed by atoms with Crippen LogP contribution in [0.1, 0.15) is 61.4 Å². The molecule has 104 valence electrons. The predicted octanol–water partition coefficient (Wildman–Crippen LogP) is 4.17. The first kappa shape index (κ1) is 14.3. The van der Waals surface area contributed by atoms with Crippen LogP contribution in [0.3, 0.4) is 0 Å². The second-order valence-corrected chi connectivity index (χ2v) is 5.40. The Bertz CT molecular complexity index is 388. The summed E-state index contributed by atoms with van der Waals surface area (Å²) in [6, 6.07) is 8.09. The molecule has 0 amide bonds. The Hall–Kier alpha value is -1.15. The summed E-state index contributed by atoms with van der Waals surface area (Å²) in [7, 11) is 0. The first-order valence-electron chi connectivity index (χ1n) is 7.53.